The van der Waals surface area contributed by atoms with Crippen molar-refractivity contribution in [2.45, 2.75) is 45.6 Å². The van der Waals surface area contributed by atoms with Crippen LogP contribution in [0.15, 0.2) is 0 Å². The molecule has 0 aromatic heterocycles. The Bertz CT molecular complexity index is 223. The van der Waals surface area contributed by atoms with Gasteiger partial charge in [-0.2, -0.15) is 0 Å². The quantitative estimate of drug-likeness (QED) is 0.716. The van der Waals surface area contributed by atoms with Gasteiger partial charge in [-0.15, -0.1) is 0 Å². The summed E-state index contributed by atoms with van der Waals surface area (Å²) in [4.78, 5) is 16.4. The van der Waals surface area contributed by atoms with E-state index < -0.39 is 0 Å². The molecule has 0 aliphatic carbocycles. The van der Waals surface area contributed by atoms with Gasteiger partial charge in [-0.25, -0.2) is 4.79 Å². The molecule has 0 unspecified atom stereocenters. The summed E-state index contributed by atoms with van der Waals surface area (Å²) >= 11 is 0. The summed E-state index contributed by atoms with van der Waals surface area (Å²) in [7, 11) is 1.69. The van der Waals surface area contributed by atoms with Gasteiger partial charge in [-0.1, -0.05) is 13.8 Å². The highest BCUT2D eigenvalue weighted by Gasteiger charge is 2.27. The molecule has 1 rings (SSSR count). The minimum Gasteiger partial charge on any atom is -0.383 e. The molecule has 0 spiro atoms. The highest BCUT2D eigenvalue weighted by Crippen LogP contribution is 2.15. The lowest BCUT2D eigenvalue weighted by molar-refractivity contribution is 0.107. The fourth-order valence-electron chi connectivity index (χ4n) is 2.44. The van der Waals surface area contributed by atoms with Crippen molar-refractivity contribution in [2.24, 2.45) is 0 Å². The predicted molar refractivity (Wildman–Crippen MR) is 69.2 cm³/mol. The van der Waals surface area contributed by atoms with Crippen LogP contribution in [0.5, 0.6) is 0 Å². The largest absolute Gasteiger partial charge is 0.383 e. The van der Waals surface area contributed by atoms with Gasteiger partial charge in [0.15, 0.2) is 0 Å². The van der Waals surface area contributed by atoms with E-state index in [2.05, 4.69) is 13.8 Å². The Hall–Kier alpha value is -0.770. The summed E-state index contributed by atoms with van der Waals surface area (Å²) in [6.07, 6.45) is 4.32. The van der Waals surface area contributed by atoms with Crippen molar-refractivity contribution in [1.82, 2.24) is 9.80 Å². The number of ether oxygens (including phenoxy) is 1. The van der Waals surface area contributed by atoms with Crippen molar-refractivity contribution in [1.29, 1.82) is 0 Å². The first-order valence-electron chi connectivity index (χ1n) is 6.79. The zero-order valence-electron chi connectivity index (χ0n) is 11.4. The third-order valence-corrected chi connectivity index (χ3v) is 3.54. The van der Waals surface area contributed by atoms with E-state index >= 15 is 0 Å². The van der Waals surface area contributed by atoms with Crippen molar-refractivity contribution in [2.75, 3.05) is 33.4 Å². The van der Waals surface area contributed by atoms with Crippen LogP contribution in [-0.4, -0.2) is 55.2 Å². The summed E-state index contributed by atoms with van der Waals surface area (Å²) in [6.45, 7) is 7.45. The van der Waals surface area contributed by atoms with Crippen LogP contribution in [0.4, 0.5) is 4.79 Å². The van der Waals surface area contributed by atoms with E-state index in [0.717, 1.165) is 38.8 Å². The molecule has 2 amide bonds. The van der Waals surface area contributed by atoms with Gasteiger partial charge in [0.25, 0.3) is 0 Å². The van der Waals surface area contributed by atoms with Crippen LogP contribution in [0, 0.1) is 0 Å². The van der Waals surface area contributed by atoms with Gasteiger partial charge in [-0.05, 0) is 25.7 Å². The molecule has 0 bridgehead atoms. The van der Waals surface area contributed by atoms with E-state index in [1.165, 1.54) is 0 Å². The predicted octanol–water partition coefficient (Wildman–Crippen LogP) is 2.34. The van der Waals surface area contributed by atoms with E-state index in [4.69, 9.17) is 4.74 Å². The lowest BCUT2D eigenvalue weighted by Gasteiger charge is -2.33. The third-order valence-electron chi connectivity index (χ3n) is 3.54. The maximum atomic E-state index is 12.4. The van der Waals surface area contributed by atoms with Crippen LogP contribution >= 0.6 is 0 Å². The van der Waals surface area contributed by atoms with Gasteiger partial charge < -0.3 is 14.5 Å². The SMILES string of the molecule is CCC(CC)N(CCOC)C(=O)N1CCCC1. The maximum Gasteiger partial charge on any atom is 0.320 e. The van der Waals surface area contributed by atoms with Crippen molar-refractivity contribution >= 4 is 6.03 Å². The average Bonchev–Trinajstić information content (AvgIpc) is 2.87. The molecule has 0 saturated carbocycles. The van der Waals surface area contributed by atoms with Crippen molar-refractivity contribution in [3.05, 3.63) is 0 Å². The lowest BCUT2D eigenvalue weighted by Crippen LogP contribution is -2.48. The summed E-state index contributed by atoms with van der Waals surface area (Å²) in [5, 5.41) is 0. The first kappa shape index (κ1) is 14.3. The Morgan fingerprint density at radius 1 is 1.29 bits per heavy atom. The molecule has 1 aliphatic rings. The number of methoxy groups -OCH3 is 1. The molecule has 4 nitrogen and oxygen atoms in total. The standard InChI is InChI=1S/C13H26N2O2/c1-4-12(5-2)15(10-11-17-3)13(16)14-8-6-7-9-14/h12H,4-11H2,1-3H3. The number of rotatable bonds is 6. The molecular formula is C13H26N2O2. The Kier molecular flexibility index (Phi) is 6.34. The topological polar surface area (TPSA) is 32.8 Å². The van der Waals surface area contributed by atoms with E-state index in [-0.39, 0.29) is 6.03 Å². The highest BCUT2D eigenvalue weighted by atomic mass is 16.5. The second-order valence-electron chi connectivity index (χ2n) is 4.63. The second-order valence-corrected chi connectivity index (χ2v) is 4.63. The van der Waals surface area contributed by atoms with Gasteiger partial charge in [0, 0.05) is 32.8 Å². The molecule has 17 heavy (non-hydrogen) atoms. The molecule has 0 atom stereocenters. The van der Waals surface area contributed by atoms with Gasteiger partial charge in [0.2, 0.25) is 0 Å². The molecule has 100 valence electrons. The fourth-order valence-corrected chi connectivity index (χ4v) is 2.44. The fraction of sp³-hybridized carbons (Fsp3) is 0.923. The molecule has 0 N–H and O–H groups in total. The Labute approximate surface area is 105 Å². The van der Waals surface area contributed by atoms with Crippen LogP contribution in [-0.2, 0) is 4.74 Å². The Balaban J connectivity index is 2.62. The van der Waals surface area contributed by atoms with E-state index in [1.54, 1.807) is 7.11 Å². The van der Waals surface area contributed by atoms with Crippen molar-refractivity contribution in [3.8, 4) is 0 Å². The number of likely N-dealkylation sites (tertiary alicyclic amines) is 1. The van der Waals surface area contributed by atoms with Gasteiger partial charge >= 0.3 is 6.03 Å². The van der Waals surface area contributed by atoms with Crippen molar-refractivity contribution in [3.63, 3.8) is 0 Å². The van der Waals surface area contributed by atoms with Crippen LogP contribution in [0.3, 0.4) is 0 Å². The van der Waals surface area contributed by atoms with E-state index in [1.807, 2.05) is 9.80 Å². The molecule has 1 heterocycles. The molecule has 1 aliphatic heterocycles. The number of urea groups is 1. The lowest BCUT2D eigenvalue weighted by atomic mass is 10.1. The number of carbonyl (C=O) groups excluding carboxylic acids is 1. The number of hydrogen-bond donors (Lipinski definition) is 0. The molecule has 1 saturated heterocycles. The molecule has 0 aromatic carbocycles. The maximum absolute atomic E-state index is 12.4. The second kappa shape index (κ2) is 7.54. The highest BCUT2D eigenvalue weighted by molar-refractivity contribution is 5.75. The normalized spacial score (nSPS) is 15.6. The van der Waals surface area contributed by atoms with Gasteiger partial charge in [0.05, 0.1) is 6.61 Å². The molecule has 4 heteroatoms. The van der Waals surface area contributed by atoms with Crippen LogP contribution in [0.25, 0.3) is 0 Å². The monoisotopic (exact) mass is 242 g/mol. The first-order valence-corrected chi connectivity index (χ1v) is 6.79. The third kappa shape index (κ3) is 3.87. The first-order chi connectivity index (χ1) is 8.24. The van der Waals surface area contributed by atoms with E-state index in [0.29, 0.717) is 19.2 Å². The van der Waals surface area contributed by atoms with Crippen LogP contribution in [0.2, 0.25) is 0 Å². The Morgan fingerprint density at radius 2 is 1.88 bits per heavy atom. The zero-order valence-corrected chi connectivity index (χ0v) is 11.4. The summed E-state index contributed by atoms with van der Waals surface area (Å²) in [6, 6.07) is 0.548. The molecular weight excluding hydrogens is 216 g/mol. The van der Waals surface area contributed by atoms with Gasteiger partial charge in [-0.3, -0.25) is 0 Å². The summed E-state index contributed by atoms with van der Waals surface area (Å²) in [5.41, 5.74) is 0. The molecule has 1 fully saturated rings. The van der Waals surface area contributed by atoms with Gasteiger partial charge in [0.1, 0.15) is 0 Å². The van der Waals surface area contributed by atoms with E-state index in [9.17, 15) is 4.79 Å². The summed E-state index contributed by atoms with van der Waals surface area (Å²) in [5.74, 6) is 0. The minimum atomic E-state index is 0.202. The smallest absolute Gasteiger partial charge is 0.320 e. The van der Waals surface area contributed by atoms with Crippen molar-refractivity contribution < 1.29 is 9.53 Å². The Morgan fingerprint density at radius 3 is 2.35 bits per heavy atom. The number of amides is 2. The van der Waals surface area contributed by atoms with Crippen LogP contribution in [0.1, 0.15) is 39.5 Å². The molecule has 0 aromatic rings. The van der Waals surface area contributed by atoms with Crippen LogP contribution < -0.4 is 0 Å². The number of hydrogen-bond acceptors (Lipinski definition) is 2. The number of carbonyl (C=O) groups is 1. The summed E-state index contributed by atoms with van der Waals surface area (Å²) < 4.78 is 5.11. The minimum absolute atomic E-state index is 0.202. The average molecular weight is 242 g/mol. The zero-order chi connectivity index (χ0) is 12.7. The molecule has 0 radical (unpaired) electrons. The number of nitrogens with zero attached hydrogens (tertiary/aromatic N) is 2.